The number of nitro groups is 1. The molecular formula is C79H87Cl6N13O12. The van der Waals surface area contributed by atoms with Crippen LogP contribution in [0.25, 0.3) is 32.7 Å². The number of para-hydroxylation sites is 2. The third-order valence-corrected chi connectivity index (χ3v) is 21.2. The molecule has 6 heterocycles. The molecule has 0 N–H and O–H groups in total. The molecule has 0 spiro atoms. The maximum Gasteiger partial charge on any atom is 0.357 e. The van der Waals surface area contributed by atoms with Gasteiger partial charge in [-0.2, -0.15) is 0 Å². The van der Waals surface area contributed by atoms with Crippen molar-refractivity contribution in [3.05, 3.63) is 227 Å². The third kappa shape index (κ3) is 19.2. The SMILES string of the molecule is CCOC(=O)c1c(N2CCN(C(=O)c3ccc(Cl)c(Cl)c3)CC2)c2cc(Cl)ccc2n(CCN(C)C)c1=O.CCOC(=O)c1c(N2CCN(C(=O)c3ccc(Cl)cc3)CC2)c2ccccc2n(CCN(C)C)c1=O.CN(C)CCCn1c(=O)c([N+](=O)[O-])c(N2CCN(C(=O)c3ccc(Cl)c(Cl)c3)CC2)c2ccccc21. The first-order chi connectivity index (χ1) is 52.6. The smallest absolute Gasteiger partial charge is 0.357 e. The van der Waals surface area contributed by atoms with Crippen LogP contribution in [0.5, 0.6) is 0 Å². The highest BCUT2D eigenvalue weighted by atomic mass is 35.5. The lowest BCUT2D eigenvalue weighted by Crippen LogP contribution is -2.50. The second kappa shape index (κ2) is 37.6. The number of fused-ring (bicyclic) bond motifs is 3. The van der Waals surface area contributed by atoms with Gasteiger partial charge in [-0.05, 0) is 160 Å². The van der Waals surface area contributed by atoms with E-state index < -0.39 is 33.7 Å². The van der Waals surface area contributed by atoms with E-state index in [0.717, 1.165) is 17.4 Å². The molecule has 12 rings (SSSR count). The molecule has 3 fully saturated rings. The zero-order valence-corrected chi connectivity index (χ0v) is 67.0. The monoisotopic (exact) mass is 1620 g/mol. The maximum atomic E-state index is 13.8. The Bertz CT molecular complexity index is 5110. The third-order valence-electron chi connectivity index (χ3n) is 19.2. The number of amides is 3. The first kappa shape index (κ1) is 83.2. The van der Waals surface area contributed by atoms with Crippen LogP contribution in [0.4, 0.5) is 22.7 Å². The average Bonchev–Trinajstić information content (AvgIpc) is 0.756. The summed E-state index contributed by atoms with van der Waals surface area (Å²) in [7, 11) is 11.6. The second-order valence-electron chi connectivity index (χ2n) is 27.3. The van der Waals surface area contributed by atoms with Crippen molar-refractivity contribution < 1.29 is 38.4 Å². The van der Waals surface area contributed by atoms with E-state index in [1.807, 2.05) is 120 Å². The number of nitrogens with zero attached hydrogens (tertiary/aromatic N) is 13. The van der Waals surface area contributed by atoms with Crippen molar-refractivity contribution in [3.63, 3.8) is 0 Å². The van der Waals surface area contributed by atoms with E-state index in [1.54, 1.807) is 110 Å². The van der Waals surface area contributed by atoms with E-state index in [-0.39, 0.29) is 47.6 Å². The van der Waals surface area contributed by atoms with Gasteiger partial charge in [0.05, 0.1) is 66.2 Å². The average molecular weight is 1620 g/mol. The van der Waals surface area contributed by atoms with E-state index in [2.05, 4.69) is 0 Å². The molecule has 31 heteroatoms. The standard InChI is InChI=1S/C27H29Cl3N4O4.C27H31ClN4O4.C25H27Cl2N5O4/c1-4-38-27(37)23-24(19-16-18(28)6-8-22(19)34(26(23)36)14-9-31(2)3)32-10-12-33(13-11-32)25(35)17-5-7-20(29)21(30)15-17;1-4-36-27(35)23-24(21-7-5-6-8-22(21)32(26(23)34)18-13-29(2)3)30-14-16-31(17-15-30)25(33)19-9-11-20(28)12-10-19;1-28(2)10-5-11-31-21-7-4-3-6-18(21)22(23(25(31)34)32(35)36)29-12-14-30(15-13-29)24(33)17-8-9-19(26)20(27)16-17/h5-8,15-16H,4,9-14H2,1-3H3;5-12H,4,13-18H2,1-3H3;3-4,6-9,16H,5,10-15H2,1-2H3. The summed E-state index contributed by atoms with van der Waals surface area (Å²) in [6, 6.07) is 36.6. The number of benzene rings is 6. The Morgan fingerprint density at radius 1 is 0.409 bits per heavy atom. The second-order valence-corrected chi connectivity index (χ2v) is 29.8. The number of halogens is 6. The van der Waals surface area contributed by atoms with Gasteiger partial charge < -0.3 is 67.3 Å². The highest BCUT2D eigenvalue weighted by Gasteiger charge is 2.36. The molecule has 3 aliphatic heterocycles. The number of hydrogen-bond donors (Lipinski definition) is 0. The summed E-state index contributed by atoms with van der Waals surface area (Å²) in [5.41, 5.74) is 3.15. The first-order valence-electron chi connectivity index (χ1n) is 36.0. The Morgan fingerprint density at radius 3 is 1.18 bits per heavy atom. The molecule has 3 aromatic heterocycles. The molecule has 0 radical (unpaired) electrons. The molecule has 9 aromatic rings. The minimum absolute atomic E-state index is 0.0235. The topological polar surface area (TPSA) is 242 Å². The van der Waals surface area contributed by atoms with Crippen LogP contribution in [0.3, 0.4) is 0 Å². The lowest BCUT2D eigenvalue weighted by molar-refractivity contribution is -0.385. The molecule has 6 aromatic carbocycles. The number of anilines is 3. The molecule has 3 saturated heterocycles. The maximum absolute atomic E-state index is 13.8. The molecule has 110 heavy (non-hydrogen) atoms. The quantitative estimate of drug-likeness (QED) is 0.0369. The molecule has 0 saturated carbocycles. The number of likely N-dealkylation sites (N-methyl/N-ethyl adjacent to an activating group) is 2. The van der Waals surface area contributed by atoms with Crippen molar-refractivity contribution in [2.24, 2.45) is 0 Å². The molecule has 25 nitrogen and oxygen atoms in total. The van der Waals surface area contributed by atoms with Gasteiger partial charge in [0.2, 0.25) is 0 Å². The van der Waals surface area contributed by atoms with Crippen LogP contribution in [-0.4, -0.2) is 231 Å². The number of aromatic nitrogens is 3. The number of rotatable bonds is 21. The summed E-state index contributed by atoms with van der Waals surface area (Å²) < 4.78 is 15.4. The molecule has 0 atom stereocenters. The molecule has 0 unspecified atom stereocenters. The highest BCUT2D eigenvalue weighted by Crippen LogP contribution is 2.37. The number of pyridine rings is 3. The Balaban J connectivity index is 0.000000176. The van der Waals surface area contributed by atoms with E-state index >= 15 is 0 Å². The molecule has 0 aliphatic carbocycles. The van der Waals surface area contributed by atoms with Crippen molar-refractivity contribution in [2.75, 3.05) is 168 Å². The largest absolute Gasteiger partial charge is 0.462 e. The Labute approximate surface area is 666 Å². The fraction of sp³-hybridized carbons (Fsp3) is 0.367. The Hall–Kier alpha value is -9.28. The lowest BCUT2D eigenvalue weighted by Gasteiger charge is -2.37. The predicted octanol–water partition coefficient (Wildman–Crippen LogP) is 12.1. The van der Waals surface area contributed by atoms with Crippen molar-refractivity contribution in [2.45, 2.75) is 39.9 Å². The minimum Gasteiger partial charge on any atom is -0.462 e. The van der Waals surface area contributed by atoms with Crippen LogP contribution in [0.2, 0.25) is 30.1 Å². The summed E-state index contributed by atoms with van der Waals surface area (Å²) >= 11 is 36.5. The molecular weight excluding hydrogens is 1540 g/mol. The van der Waals surface area contributed by atoms with Crippen molar-refractivity contribution in [1.82, 2.24) is 43.1 Å². The minimum atomic E-state index is -0.678. The van der Waals surface area contributed by atoms with Crippen LogP contribution in [0.1, 0.15) is 72.1 Å². The van der Waals surface area contributed by atoms with Gasteiger partial charge in [0.15, 0.2) is 0 Å². The predicted molar refractivity (Wildman–Crippen MR) is 437 cm³/mol. The van der Waals surface area contributed by atoms with Crippen LogP contribution < -0.4 is 31.4 Å². The van der Waals surface area contributed by atoms with Gasteiger partial charge in [0, 0.05) is 154 Å². The number of hydrogen-bond acceptors (Lipinski definition) is 18. The normalized spacial score (nSPS) is 13.9. The number of esters is 2. The highest BCUT2D eigenvalue weighted by molar-refractivity contribution is 6.42. The van der Waals surface area contributed by atoms with Crippen LogP contribution >= 0.6 is 69.6 Å². The van der Waals surface area contributed by atoms with Gasteiger partial charge in [-0.25, -0.2) is 9.59 Å². The molecule has 0 bridgehead atoms. The Morgan fingerprint density at radius 2 is 0.773 bits per heavy atom. The first-order valence-corrected chi connectivity index (χ1v) is 38.3. The van der Waals surface area contributed by atoms with E-state index in [1.165, 1.54) is 10.6 Å². The van der Waals surface area contributed by atoms with Gasteiger partial charge in [0.25, 0.3) is 28.8 Å². The van der Waals surface area contributed by atoms with Crippen LogP contribution in [0.15, 0.2) is 142 Å². The number of piperazine rings is 3. The summed E-state index contributed by atoms with van der Waals surface area (Å²) in [6.07, 6.45) is 0.683. The summed E-state index contributed by atoms with van der Waals surface area (Å²) in [4.78, 5) is 135. The van der Waals surface area contributed by atoms with Gasteiger partial charge >= 0.3 is 23.2 Å². The van der Waals surface area contributed by atoms with Crippen molar-refractivity contribution in [1.29, 1.82) is 0 Å². The number of carbonyl (C=O) groups is 5. The molecule has 3 amide bonds. The van der Waals surface area contributed by atoms with Gasteiger partial charge in [-0.15, -0.1) is 0 Å². The van der Waals surface area contributed by atoms with E-state index in [9.17, 15) is 48.5 Å². The van der Waals surface area contributed by atoms with Crippen molar-refractivity contribution >= 4 is 155 Å². The van der Waals surface area contributed by atoms with E-state index in [4.69, 9.17) is 79.1 Å². The van der Waals surface area contributed by atoms with Crippen LogP contribution in [0, 0.1) is 10.1 Å². The number of carbonyl (C=O) groups excluding carboxylic acids is 5. The fourth-order valence-corrected chi connectivity index (χ4v) is 14.6. The van der Waals surface area contributed by atoms with Crippen molar-refractivity contribution in [3.8, 4) is 0 Å². The number of aryl methyl sites for hydroxylation is 1. The van der Waals surface area contributed by atoms with Gasteiger partial charge in [-0.3, -0.25) is 38.9 Å². The number of ether oxygens (including phenoxy) is 2. The summed E-state index contributed by atoms with van der Waals surface area (Å²) in [6.45, 7) is 11.8. The zero-order valence-electron chi connectivity index (χ0n) is 62.5. The zero-order chi connectivity index (χ0) is 79.4. The Kier molecular flexibility index (Phi) is 28.5. The summed E-state index contributed by atoms with van der Waals surface area (Å²) in [5.74, 6) is -1.73. The summed E-state index contributed by atoms with van der Waals surface area (Å²) in [5, 5.41) is 16.7. The fourth-order valence-electron chi connectivity index (χ4n) is 13.7. The van der Waals surface area contributed by atoms with E-state index in [0.29, 0.717) is 203 Å². The van der Waals surface area contributed by atoms with Gasteiger partial charge in [-0.1, -0.05) is 106 Å². The molecule has 582 valence electrons. The lowest BCUT2D eigenvalue weighted by atomic mass is 10.1. The molecule has 3 aliphatic rings. The van der Waals surface area contributed by atoms with Crippen LogP contribution in [-0.2, 0) is 29.1 Å². The van der Waals surface area contributed by atoms with Gasteiger partial charge in [0.1, 0.15) is 16.8 Å².